The molecule has 0 fully saturated rings. The normalized spacial score (nSPS) is 11.5. The van der Waals surface area contributed by atoms with E-state index in [9.17, 15) is 12.3 Å². The van der Waals surface area contributed by atoms with Crippen LogP contribution in [0.4, 0.5) is 9.57 Å². The Balaban J connectivity index is 3.40. The predicted octanol–water partition coefficient (Wildman–Crippen LogP) is 2.55. The first-order chi connectivity index (χ1) is 6.72. The third kappa shape index (κ3) is 2.68. The van der Waals surface area contributed by atoms with Gasteiger partial charge in [-0.1, -0.05) is 9.95 Å². The summed E-state index contributed by atoms with van der Waals surface area (Å²) in [6.45, 7) is 7.24. The topological polar surface area (TPSA) is 46.2 Å². The first-order valence-electron chi connectivity index (χ1n) is 4.52. The van der Waals surface area contributed by atoms with Crippen molar-refractivity contribution in [2.45, 2.75) is 27.7 Å². The van der Waals surface area contributed by atoms with Gasteiger partial charge in [-0.2, -0.15) is 8.42 Å². The van der Waals surface area contributed by atoms with Crippen molar-refractivity contribution in [2.75, 3.05) is 4.72 Å². The molecule has 0 radical (unpaired) electrons. The first kappa shape index (κ1) is 12.0. The van der Waals surface area contributed by atoms with E-state index in [2.05, 4.69) is 0 Å². The van der Waals surface area contributed by atoms with Gasteiger partial charge in [0.2, 0.25) is 0 Å². The van der Waals surface area contributed by atoms with Gasteiger partial charge in [-0.3, -0.25) is 4.72 Å². The van der Waals surface area contributed by atoms with E-state index in [1.54, 1.807) is 13.8 Å². The van der Waals surface area contributed by atoms with Crippen LogP contribution in [0.25, 0.3) is 0 Å². The number of nitrogens with one attached hydrogen (secondary N) is 1. The summed E-state index contributed by atoms with van der Waals surface area (Å²) in [5.41, 5.74) is 3.71. The number of hydrogen-bond donors (Lipinski definition) is 1. The van der Waals surface area contributed by atoms with E-state index in [4.69, 9.17) is 0 Å². The summed E-state index contributed by atoms with van der Waals surface area (Å²) in [6, 6.07) is 1.95. The van der Waals surface area contributed by atoms with Gasteiger partial charge < -0.3 is 0 Å². The standard InChI is InChI=1S/C10H14FNO2S/c1-6-5-7(2)9(4)10(8(6)3)12-15(11,13)14/h5,12H,1-4H3. The van der Waals surface area contributed by atoms with Crippen molar-refractivity contribution in [3.05, 3.63) is 28.3 Å². The van der Waals surface area contributed by atoms with Crippen molar-refractivity contribution in [2.24, 2.45) is 0 Å². The molecule has 3 nitrogen and oxygen atoms in total. The molecule has 0 saturated carbocycles. The Kier molecular flexibility index (Phi) is 3.04. The Labute approximate surface area is 89.7 Å². The monoisotopic (exact) mass is 231 g/mol. The number of halogens is 1. The third-order valence-corrected chi connectivity index (χ3v) is 3.04. The Morgan fingerprint density at radius 1 is 1.07 bits per heavy atom. The van der Waals surface area contributed by atoms with Crippen molar-refractivity contribution in [1.82, 2.24) is 0 Å². The average molecular weight is 231 g/mol. The van der Waals surface area contributed by atoms with E-state index in [1.165, 1.54) is 0 Å². The van der Waals surface area contributed by atoms with Crippen LogP contribution in [0.3, 0.4) is 0 Å². The molecule has 0 bridgehead atoms. The molecule has 0 saturated heterocycles. The Hall–Kier alpha value is -1.10. The SMILES string of the molecule is Cc1cc(C)c(C)c(NS(=O)(=O)F)c1C. The van der Waals surface area contributed by atoms with Gasteiger partial charge in [-0.05, 0) is 49.9 Å². The summed E-state index contributed by atoms with van der Waals surface area (Å²) in [6.07, 6.45) is 0. The first-order valence-corrected chi connectivity index (χ1v) is 5.90. The summed E-state index contributed by atoms with van der Waals surface area (Å²) in [7, 11) is -4.71. The van der Waals surface area contributed by atoms with Crippen molar-refractivity contribution in [3.8, 4) is 0 Å². The van der Waals surface area contributed by atoms with Crippen LogP contribution in [0.5, 0.6) is 0 Å². The molecule has 1 rings (SSSR count). The molecule has 0 unspecified atom stereocenters. The Morgan fingerprint density at radius 2 is 1.47 bits per heavy atom. The molecule has 0 aliphatic carbocycles. The fraction of sp³-hybridized carbons (Fsp3) is 0.400. The van der Waals surface area contributed by atoms with Crippen molar-refractivity contribution < 1.29 is 12.3 Å². The minimum atomic E-state index is -4.71. The molecule has 84 valence electrons. The largest absolute Gasteiger partial charge is 0.397 e. The van der Waals surface area contributed by atoms with Gasteiger partial charge in [-0.15, -0.1) is 0 Å². The fourth-order valence-corrected chi connectivity index (χ4v) is 2.04. The van der Waals surface area contributed by atoms with Crippen molar-refractivity contribution in [1.29, 1.82) is 0 Å². The highest BCUT2D eigenvalue weighted by Crippen LogP contribution is 2.27. The maximum Gasteiger partial charge on any atom is 0.397 e. The quantitative estimate of drug-likeness (QED) is 0.795. The van der Waals surface area contributed by atoms with E-state index < -0.39 is 10.4 Å². The summed E-state index contributed by atoms with van der Waals surface area (Å²) in [4.78, 5) is 0. The van der Waals surface area contributed by atoms with E-state index in [1.807, 2.05) is 24.6 Å². The van der Waals surface area contributed by atoms with E-state index in [0.717, 1.165) is 22.3 Å². The van der Waals surface area contributed by atoms with E-state index in [-0.39, 0.29) is 0 Å². The molecule has 0 amide bonds. The maximum absolute atomic E-state index is 12.6. The van der Waals surface area contributed by atoms with Gasteiger partial charge in [-0.25, -0.2) is 0 Å². The van der Waals surface area contributed by atoms with Gasteiger partial charge in [0.15, 0.2) is 0 Å². The Bertz CT molecular complexity index is 468. The molecule has 5 heteroatoms. The van der Waals surface area contributed by atoms with Crippen LogP contribution < -0.4 is 4.72 Å². The molecular weight excluding hydrogens is 217 g/mol. The minimum absolute atomic E-state index is 0.343. The Morgan fingerprint density at radius 3 is 1.80 bits per heavy atom. The number of hydrogen-bond acceptors (Lipinski definition) is 2. The van der Waals surface area contributed by atoms with Gasteiger partial charge in [0, 0.05) is 0 Å². The highest BCUT2D eigenvalue weighted by atomic mass is 32.3. The molecule has 0 aliphatic heterocycles. The number of rotatable bonds is 2. The highest BCUT2D eigenvalue weighted by Gasteiger charge is 2.14. The van der Waals surface area contributed by atoms with Gasteiger partial charge >= 0.3 is 10.4 Å². The summed E-state index contributed by atoms with van der Waals surface area (Å²) in [5, 5.41) is 0. The summed E-state index contributed by atoms with van der Waals surface area (Å²) in [5.74, 6) is 0. The van der Waals surface area contributed by atoms with E-state index >= 15 is 0 Å². The van der Waals surface area contributed by atoms with E-state index in [0.29, 0.717) is 5.69 Å². The second-order valence-corrected chi connectivity index (χ2v) is 4.76. The smallest absolute Gasteiger partial charge is 0.257 e. The van der Waals surface area contributed by atoms with Crippen molar-refractivity contribution in [3.63, 3.8) is 0 Å². The molecule has 0 aromatic heterocycles. The minimum Gasteiger partial charge on any atom is -0.257 e. The zero-order chi connectivity index (χ0) is 11.8. The molecule has 0 spiro atoms. The zero-order valence-corrected chi connectivity index (χ0v) is 10.00. The zero-order valence-electron chi connectivity index (χ0n) is 9.18. The average Bonchev–Trinajstić information content (AvgIpc) is 2.08. The molecular formula is C10H14FNO2S. The lowest BCUT2D eigenvalue weighted by Gasteiger charge is -2.14. The summed E-state index contributed by atoms with van der Waals surface area (Å²) < 4.78 is 35.6. The van der Waals surface area contributed by atoms with Gasteiger partial charge in [0.25, 0.3) is 0 Å². The number of aryl methyl sites for hydroxylation is 2. The second kappa shape index (κ2) is 3.81. The number of benzene rings is 1. The van der Waals surface area contributed by atoms with Crippen molar-refractivity contribution >= 4 is 16.1 Å². The van der Waals surface area contributed by atoms with Gasteiger partial charge in [0.05, 0.1) is 5.69 Å². The van der Waals surface area contributed by atoms with Crippen LogP contribution in [-0.4, -0.2) is 8.42 Å². The second-order valence-electron chi connectivity index (χ2n) is 3.68. The molecule has 0 aliphatic rings. The molecule has 1 aromatic carbocycles. The van der Waals surface area contributed by atoms with Crippen LogP contribution in [0, 0.1) is 27.7 Å². The van der Waals surface area contributed by atoms with Crippen LogP contribution >= 0.6 is 0 Å². The third-order valence-electron chi connectivity index (χ3n) is 2.59. The fourth-order valence-electron chi connectivity index (χ4n) is 1.49. The molecule has 1 aromatic rings. The summed E-state index contributed by atoms with van der Waals surface area (Å²) >= 11 is 0. The van der Waals surface area contributed by atoms with Crippen LogP contribution in [0.1, 0.15) is 22.3 Å². The molecule has 15 heavy (non-hydrogen) atoms. The van der Waals surface area contributed by atoms with Crippen LogP contribution in [-0.2, 0) is 10.4 Å². The molecule has 1 N–H and O–H groups in total. The molecule has 0 atom stereocenters. The van der Waals surface area contributed by atoms with Gasteiger partial charge in [0.1, 0.15) is 0 Å². The lowest BCUT2D eigenvalue weighted by atomic mass is 9.99. The number of anilines is 1. The van der Waals surface area contributed by atoms with Crippen LogP contribution in [0.15, 0.2) is 6.07 Å². The van der Waals surface area contributed by atoms with Crippen LogP contribution in [0.2, 0.25) is 0 Å². The molecule has 0 heterocycles. The lowest BCUT2D eigenvalue weighted by molar-refractivity contribution is 0.558. The highest BCUT2D eigenvalue weighted by molar-refractivity contribution is 7.87. The predicted molar refractivity (Wildman–Crippen MR) is 59.0 cm³/mol. The lowest BCUT2D eigenvalue weighted by Crippen LogP contribution is -2.09. The maximum atomic E-state index is 12.6.